The molecule has 0 saturated carbocycles. The lowest BCUT2D eigenvalue weighted by molar-refractivity contribution is -0.126. The lowest BCUT2D eigenvalue weighted by atomic mass is 9.95. The minimum absolute atomic E-state index is 0.0211. The average molecular weight is 457 g/mol. The molecule has 1 heterocycles. The zero-order valence-corrected chi connectivity index (χ0v) is 18.9. The number of carbonyl (C=O) groups is 3. The van der Waals surface area contributed by atoms with Crippen molar-refractivity contribution in [1.29, 1.82) is 0 Å². The highest BCUT2D eigenvalue weighted by molar-refractivity contribution is 7.89. The van der Waals surface area contributed by atoms with Crippen LogP contribution in [0.25, 0.3) is 0 Å². The quantitative estimate of drug-likeness (QED) is 0.450. The van der Waals surface area contributed by atoms with Gasteiger partial charge in [0.05, 0.1) is 42.8 Å². The van der Waals surface area contributed by atoms with Crippen molar-refractivity contribution in [1.82, 2.24) is 9.62 Å². The van der Waals surface area contributed by atoms with Crippen LogP contribution in [-0.2, 0) is 29.0 Å². The second-order valence-electron chi connectivity index (χ2n) is 7.18. The van der Waals surface area contributed by atoms with Gasteiger partial charge in [-0.1, -0.05) is 0 Å². The van der Waals surface area contributed by atoms with Crippen LogP contribution < -0.4 is 5.32 Å². The largest absolute Gasteiger partial charge is 0.465 e. The fourth-order valence-corrected chi connectivity index (χ4v) is 5.34. The molecule has 1 saturated heterocycles. The average Bonchev–Trinajstić information content (AvgIpc) is 2.77. The summed E-state index contributed by atoms with van der Waals surface area (Å²) in [7, 11) is -0.408. The first kappa shape index (κ1) is 24.8. The summed E-state index contributed by atoms with van der Waals surface area (Å²) in [6.07, 6.45) is 0.990. The zero-order valence-electron chi connectivity index (χ0n) is 18.0. The van der Waals surface area contributed by atoms with E-state index in [4.69, 9.17) is 9.47 Å². The van der Waals surface area contributed by atoms with Crippen LogP contribution in [0.2, 0.25) is 0 Å². The van der Waals surface area contributed by atoms with Gasteiger partial charge in [0, 0.05) is 26.2 Å². The molecule has 1 N–H and O–H groups in total. The molecule has 2 atom stereocenters. The molecule has 11 heteroatoms. The number of benzene rings is 1. The smallest absolute Gasteiger partial charge is 0.339 e. The number of amides is 1. The number of rotatable bonds is 8. The van der Waals surface area contributed by atoms with E-state index in [1.807, 2.05) is 0 Å². The summed E-state index contributed by atoms with van der Waals surface area (Å²) in [6.45, 7) is 2.35. The van der Waals surface area contributed by atoms with Gasteiger partial charge in [0.15, 0.2) is 0 Å². The van der Waals surface area contributed by atoms with Crippen molar-refractivity contribution in [2.45, 2.75) is 30.7 Å². The Morgan fingerprint density at radius 3 is 2.39 bits per heavy atom. The molecule has 0 radical (unpaired) electrons. The number of ether oxygens (including phenoxy) is 3. The first-order chi connectivity index (χ1) is 14.7. The highest BCUT2D eigenvalue weighted by Gasteiger charge is 2.39. The summed E-state index contributed by atoms with van der Waals surface area (Å²) in [5.41, 5.74) is -0.221. The number of sulfonamides is 1. The molecule has 10 nitrogen and oxygen atoms in total. The number of methoxy groups -OCH3 is 3. The number of esters is 2. The normalized spacial score (nSPS) is 19.5. The SMILES string of the molecule is COCCNC(=O)[C@H]1CC[C@@H](C)N(S(=O)(=O)c2cc(C(=O)OC)ccc2C(=O)OC)C1. The van der Waals surface area contributed by atoms with Gasteiger partial charge in [0.25, 0.3) is 0 Å². The van der Waals surface area contributed by atoms with Gasteiger partial charge in [0.2, 0.25) is 15.9 Å². The van der Waals surface area contributed by atoms with Gasteiger partial charge in [0.1, 0.15) is 0 Å². The predicted molar refractivity (Wildman–Crippen MR) is 110 cm³/mol. The van der Waals surface area contributed by atoms with Crippen LogP contribution in [-0.4, -0.2) is 77.6 Å². The summed E-state index contributed by atoms with van der Waals surface area (Å²) in [5.74, 6) is -2.41. The van der Waals surface area contributed by atoms with Crippen LogP contribution in [0.4, 0.5) is 0 Å². The van der Waals surface area contributed by atoms with E-state index in [1.165, 1.54) is 30.7 Å². The van der Waals surface area contributed by atoms with Crippen molar-refractivity contribution in [3.05, 3.63) is 29.3 Å². The Morgan fingerprint density at radius 1 is 1.10 bits per heavy atom. The molecule has 0 bridgehead atoms. The van der Waals surface area contributed by atoms with E-state index in [0.717, 1.165) is 13.2 Å². The van der Waals surface area contributed by atoms with Gasteiger partial charge < -0.3 is 19.5 Å². The highest BCUT2D eigenvalue weighted by Crippen LogP contribution is 2.31. The fraction of sp³-hybridized carbons (Fsp3) is 0.550. The molecule has 31 heavy (non-hydrogen) atoms. The van der Waals surface area contributed by atoms with Crippen LogP contribution in [0.1, 0.15) is 40.5 Å². The van der Waals surface area contributed by atoms with Gasteiger partial charge in [-0.05, 0) is 38.0 Å². The summed E-state index contributed by atoms with van der Waals surface area (Å²) >= 11 is 0. The van der Waals surface area contributed by atoms with Crippen molar-refractivity contribution in [3.63, 3.8) is 0 Å². The first-order valence-electron chi connectivity index (χ1n) is 9.76. The molecule has 1 amide bonds. The number of nitrogens with zero attached hydrogens (tertiary/aromatic N) is 1. The van der Waals surface area contributed by atoms with Crippen LogP contribution in [0.5, 0.6) is 0 Å². The number of carbonyl (C=O) groups excluding carboxylic acids is 3. The highest BCUT2D eigenvalue weighted by atomic mass is 32.2. The number of hydrogen-bond acceptors (Lipinski definition) is 8. The maximum Gasteiger partial charge on any atom is 0.339 e. The molecule has 1 aromatic rings. The van der Waals surface area contributed by atoms with E-state index in [0.29, 0.717) is 26.0 Å². The lowest BCUT2D eigenvalue weighted by Crippen LogP contribution is -2.49. The second kappa shape index (κ2) is 10.7. The molecule has 0 unspecified atom stereocenters. The van der Waals surface area contributed by atoms with E-state index in [1.54, 1.807) is 6.92 Å². The summed E-state index contributed by atoms with van der Waals surface area (Å²) in [6, 6.07) is 3.21. The number of hydrogen-bond donors (Lipinski definition) is 1. The summed E-state index contributed by atoms with van der Waals surface area (Å²) in [5, 5.41) is 2.73. The van der Waals surface area contributed by atoms with Crippen molar-refractivity contribution in [2.75, 3.05) is 41.0 Å². The molecule has 0 aromatic heterocycles. The molecule has 1 fully saturated rings. The minimum atomic E-state index is -4.23. The Hall–Kier alpha value is -2.50. The van der Waals surface area contributed by atoms with Gasteiger partial charge >= 0.3 is 11.9 Å². The molecule has 0 aliphatic carbocycles. The fourth-order valence-electron chi connectivity index (χ4n) is 3.43. The van der Waals surface area contributed by atoms with Crippen LogP contribution >= 0.6 is 0 Å². The lowest BCUT2D eigenvalue weighted by Gasteiger charge is -2.36. The van der Waals surface area contributed by atoms with Gasteiger partial charge in [-0.15, -0.1) is 0 Å². The van der Waals surface area contributed by atoms with Crippen LogP contribution in [0.15, 0.2) is 23.1 Å². The summed E-state index contributed by atoms with van der Waals surface area (Å²) < 4.78 is 42.6. The standard InChI is InChI=1S/C20H28N2O8S/c1-13-5-6-15(18(23)21-9-10-28-2)12-22(13)31(26,27)17-11-14(19(24)29-3)7-8-16(17)20(25)30-4/h7-8,11,13,15H,5-6,9-10,12H2,1-4H3,(H,21,23)/t13-,15+/m1/s1. The topological polar surface area (TPSA) is 128 Å². The molecular formula is C20H28N2O8S. The monoisotopic (exact) mass is 456 g/mol. The van der Waals surface area contributed by atoms with E-state index < -0.39 is 33.9 Å². The zero-order chi connectivity index (χ0) is 23.2. The Morgan fingerprint density at radius 2 is 1.77 bits per heavy atom. The Bertz CT molecular complexity index is 931. The van der Waals surface area contributed by atoms with Crippen molar-refractivity contribution in [3.8, 4) is 0 Å². The second-order valence-corrected chi connectivity index (χ2v) is 9.03. The number of piperidine rings is 1. The van der Waals surface area contributed by atoms with E-state index in [2.05, 4.69) is 10.1 Å². The number of nitrogens with one attached hydrogen (secondary N) is 1. The molecular weight excluding hydrogens is 428 g/mol. The molecule has 1 aromatic carbocycles. The van der Waals surface area contributed by atoms with Crippen LogP contribution in [0.3, 0.4) is 0 Å². The van der Waals surface area contributed by atoms with E-state index in [9.17, 15) is 22.8 Å². The van der Waals surface area contributed by atoms with Crippen LogP contribution in [0, 0.1) is 5.92 Å². The molecule has 1 aliphatic heterocycles. The minimum Gasteiger partial charge on any atom is -0.465 e. The molecule has 1 aliphatic rings. The maximum absolute atomic E-state index is 13.5. The third-order valence-electron chi connectivity index (χ3n) is 5.20. The Kier molecular flexibility index (Phi) is 8.54. The Labute approximate surface area is 181 Å². The Balaban J connectivity index is 2.42. The molecule has 0 spiro atoms. The summed E-state index contributed by atoms with van der Waals surface area (Å²) in [4.78, 5) is 36.3. The predicted octanol–water partition coefficient (Wildman–Crippen LogP) is 0.812. The molecule has 2 rings (SSSR count). The first-order valence-corrected chi connectivity index (χ1v) is 11.2. The maximum atomic E-state index is 13.5. The van der Waals surface area contributed by atoms with Crippen molar-refractivity contribution < 1.29 is 37.0 Å². The van der Waals surface area contributed by atoms with E-state index in [-0.39, 0.29) is 28.5 Å². The third kappa shape index (κ3) is 5.60. The molecule has 172 valence electrons. The van der Waals surface area contributed by atoms with Crippen molar-refractivity contribution >= 4 is 27.9 Å². The van der Waals surface area contributed by atoms with Gasteiger partial charge in [-0.2, -0.15) is 4.31 Å². The van der Waals surface area contributed by atoms with Crippen molar-refractivity contribution in [2.24, 2.45) is 5.92 Å². The third-order valence-corrected chi connectivity index (χ3v) is 7.22. The van der Waals surface area contributed by atoms with E-state index >= 15 is 0 Å². The van der Waals surface area contributed by atoms with Gasteiger partial charge in [-0.25, -0.2) is 18.0 Å². The van der Waals surface area contributed by atoms with Gasteiger partial charge in [-0.3, -0.25) is 4.79 Å².